The second-order valence-corrected chi connectivity index (χ2v) is 8.22. The Morgan fingerprint density at radius 1 is 1.26 bits per heavy atom. The van der Waals surface area contributed by atoms with Crippen LogP contribution in [-0.4, -0.2) is 32.9 Å². The molecule has 1 amide bonds. The Hall–Kier alpha value is -3.34. The van der Waals surface area contributed by atoms with Crippen LogP contribution in [-0.2, 0) is 0 Å². The number of hydrogen-bond acceptors (Lipinski definition) is 5. The molecule has 3 rings (SSSR count). The van der Waals surface area contributed by atoms with Crippen molar-refractivity contribution in [1.29, 1.82) is 5.26 Å². The summed E-state index contributed by atoms with van der Waals surface area (Å²) < 4.78 is 7.73. The Balaban J connectivity index is 1.79. The van der Waals surface area contributed by atoms with Gasteiger partial charge < -0.3 is 15.2 Å². The minimum absolute atomic E-state index is 0.154. The van der Waals surface area contributed by atoms with Crippen molar-refractivity contribution in [1.82, 2.24) is 15.1 Å². The topological polar surface area (TPSA) is 100 Å². The minimum atomic E-state index is -0.979. The number of halogens is 1. The van der Waals surface area contributed by atoms with E-state index < -0.39 is 5.60 Å². The van der Waals surface area contributed by atoms with E-state index in [1.165, 1.54) is 0 Å². The number of nitriles is 1. The van der Waals surface area contributed by atoms with E-state index in [4.69, 9.17) is 21.6 Å². The summed E-state index contributed by atoms with van der Waals surface area (Å²) in [5.74, 6) is 0.883. The predicted octanol–water partition coefficient (Wildman–Crippen LogP) is 4.31. The van der Waals surface area contributed by atoms with Gasteiger partial charge in [0.15, 0.2) is 5.75 Å². The zero-order valence-corrected chi connectivity index (χ0v) is 18.5. The molecule has 0 unspecified atom stereocenters. The molecule has 160 valence electrons. The van der Waals surface area contributed by atoms with Gasteiger partial charge in [-0.2, -0.15) is 10.4 Å². The van der Waals surface area contributed by atoms with Crippen LogP contribution >= 0.6 is 11.6 Å². The number of rotatable bonds is 6. The van der Waals surface area contributed by atoms with E-state index in [0.717, 1.165) is 11.4 Å². The van der Waals surface area contributed by atoms with Crippen molar-refractivity contribution < 1.29 is 14.6 Å². The van der Waals surface area contributed by atoms with Crippen LogP contribution in [0.2, 0.25) is 5.02 Å². The highest BCUT2D eigenvalue weighted by Gasteiger charge is 2.17. The molecule has 0 atom stereocenters. The zero-order valence-electron chi connectivity index (χ0n) is 17.7. The standard InChI is InChI=1S/C23H23ClN4O3/c1-14-21(15(2)28(27-14)18-8-5-17(12-25)20(24)11-18)31-19-9-6-16(7-10-19)22(29)26-13-23(3,4)30/h5-11,30H,13H2,1-4H3,(H,26,29). The van der Waals surface area contributed by atoms with Gasteiger partial charge in [-0.15, -0.1) is 0 Å². The number of carbonyl (C=O) groups excluding carboxylic acids is 1. The first-order valence-electron chi connectivity index (χ1n) is 9.64. The van der Waals surface area contributed by atoms with Crippen LogP contribution in [0.15, 0.2) is 42.5 Å². The van der Waals surface area contributed by atoms with Crippen molar-refractivity contribution in [3.63, 3.8) is 0 Å². The number of benzene rings is 2. The Morgan fingerprint density at radius 3 is 2.52 bits per heavy atom. The number of aliphatic hydroxyl groups is 1. The number of hydrogen-bond donors (Lipinski definition) is 2. The molecule has 0 saturated carbocycles. The summed E-state index contributed by atoms with van der Waals surface area (Å²) in [4.78, 5) is 12.2. The zero-order chi connectivity index (χ0) is 22.8. The van der Waals surface area contributed by atoms with Gasteiger partial charge in [-0.1, -0.05) is 11.6 Å². The van der Waals surface area contributed by atoms with Crippen LogP contribution in [0.4, 0.5) is 0 Å². The van der Waals surface area contributed by atoms with E-state index >= 15 is 0 Å². The highest BCUT2D eigenvalue weighted by atomic mass is 35.5. The molecule has 0 aliphatic rings. The average molecular weight is 439 g/mol. The van der Waals surface area contributed by atoms with Gasteiger partial charge in [0.1, 0.15) is 17.5 Å². The molecular weight excluding hydrogens is 416 g/mol. The lowest BCUT2D eigenvalue weighted by molar-refractivity contribution is 0.0694. The smallest absolute Gasteiger partial charge is 0.251 e. The second-order valence-electron chi connectivity index (χ2n) is 7.81. The van der Waals surface area contributed by atoms with E-state index in [0.29, 0.717) is 33.3 Å². The Bertz CT molecular complexity index is 1160. The van der Waals surface area contributed by atoms with Gasteiger partial charge in [0.25, 0.3) is 5.91 Å². The van der Waals surface area contributed by atoms with Crippen LogP contribution in [0, 0.1) is 25.2 Å². The van der Waals surface area contributed by atoms with Gasteiger partial charge in [-0.05, 0) is 70.2 Å². The summed E-state index contributed by atoms with van der Waals surface area (Å²) in [6.07, 6.45) is 0. The monoisotopic (exact) mass is 438 g/mol. The third kappa shape index (κ3) is 5.23. The number of nitrogens with zero attached hydrogens (tertiary/aromatic N) is 3. The van der Waals surface area contributed by atoms with Gasteiger partial charge in [0.05, 0.1) is 27.6 Å². The highest BCUT2D eigenvalue weighted by molar-refractivity contribution is 6.31. The van der Waals surface area contributed by atoms with Crippen LogP contribution in [0.3, 0.4) is 0 Å². The number of aryl methyl sites for hydroxylation is 1. The fourth-order valence-corrected chi connectivity index (χ4v) is 3.16. The first-order chi connectivity index (χ1) is 14.6. The fourth-order valence-electron chi connectivity index (χ4n) is 2.94. The number of amides is 1. The maximum atomic E-state index is 12.2. The Kier molecular flexibility index (Phi) is 6.34. The van der Waals surface area contributed by atoms with Crippen LogP contribution < -0.4 is 10.1 Å². The van der Waals surface area contributed by atoms with E-state index in [9.17, 15) is 9.90 Å². The van der Waals surface area contributed by atoms with Crippen molar-refractivity contribution >= 4 is 17.5 Å². The van der Waals surface area contributed by atoms with Gasteiger partial charge in [-0.25, -0.2) is 4.68 Å². The molecule has 0 radical (unpaired) electrons. The van der Waals surface area contributed by atoms with Crippen molar-refractivity contribution in [2.45, 2.75) is 33.3 Å². The van der Waals surface area contributed by atoms with Gasteiger partial charge >= 0.3 is 0 Å². The van der Waals surface area contributed by atoms with Crippen LogP contribution in [0.5, 0.6) is 11.5 Å². The van der Waals surface area contributed by atoms with Crippen LogP contribution in [0.25, 0.3) is 5.69 Å². The third-order valence-corrected chi connectivity index (χ3v) is 4.87. The highest BCUT2D eigenvalue weighted by Crippen LogP contribution is 2.31. The maximum Gasteiger partial charge on any atom is 0.251 e. The first kappa shape index (κ1) is 22.3. The third-order valence-electron chi connectivity index (χ3n) is 4.56. The van der Waals surface area contributed by atoms with Gasteiger partial charge in [0, 0.05) is 12.1 Å². The average Bonchev–Trinajstić information content (AvgIpc) is 3.00. The fraction of sp³-hybridized carbons (Fsp3) is 0.261. The molecule has 1 aromatic heterocycles. The largest absolute Gasteiger partial charge is 0.453 e. The number of carbonyl (C=O) groups is 1. The van der Waals surface area contributed by atoms with Gasteiger partial charge in [0.2, 0.25) is 0 Å². The molecule has 3 aromatic rings. The van der Waals surface area contributed by atoms with E-state index in [1.54, 1.807) is 61.0 Å². The molecule has 7 nitrogen and oxygen atoms in total. The number of ether oxygens (including phenoxy) is 1. The minimum Gasteiger partial charge on any atom is -0.453 e. The van der Waals surface area contributed by atoms with Crippen molar-refractivity contribution in [3.05, 3.63) is 70.0 Å². The molecule has 0 aliphatic carbocycles. The second kappa shape index (κ2) is 8.80. The molecule has 0 spiro atoms. The van der Waals surface area contributed by atoms with Crippen molar-refractivity contribution in [2.75, 3.05) is 6.54 Å². The SMILES string of the molecule is Cc1nn(-c2ccc(C#N)c(Cl)c2)c(C)c1Oc1ccc(C(=O)NCC(C)(C)O)cc1. The van der Waals surface area contributed by atoms with Crippen molar-refractivity contribution in [3.8, 4) is 23.3 Å². The van der Waals surface area contributed by atoms with E-state index in [1.807, 2.05) is 19.9 Å². The molecule has 0 bridgehead atoms. The van der Waals surface area contributed by atoms with Gasteiger partial charge in [-0.3, -0.25) is 4.79 Å². The van der Waals surface area contributed by atoms with Crippen LogP contribution in [0.1, 0.15) is 41.2 Å². The molecule has 0 aliphatic heterocycles. The van der Waals surface area contributed by atoms with E-state index in [2.05, 4.69) is 10.4 Å². The quantitative estimate of drug-likeness (QED) is 0.597. The summed E-state index contributed by atoms with van der Waals surface area (Å²) in [6.45, 7) is 7.12. The molecular formula is C23H23ClN4O3. The molecule has 0 saturated heterocycles. The molecule has 1 heterocycles. The van der Waals surface area contributed by atoms with E-state index in [-0.39, 0.29) is 12.5 Å². The molecule has 2 N–H and O–H groups in total. The number of aromatic nitrogens is 2. The maximum absolute atomic E-state index is 12.2. The predicted molar refractivity (Wildman–Crippen MR) is 118 cm³/mol. The summed E-state index contributed by atoms with van der Waals surface area (Å²) in [6, 6.07) is 13.9. The summed E-state index contributed by atoms with van der Waals surface area (Å²) in [5, 5.41) is 26.4. The lowest BCUT2D eigenvalue weighted by Gasteiger charge is -2.17. The van der Waals surface area contributed by atoms with Crippen molar-refractivity contribution in [2.24, 2.45) is 0 Å². The molecule has 8 heteroatoms. The molecule has 0 fully saturated rings. The molecule has 2 aromatic carbocycles. The normalized spacial score (nSPS) is 11.1. The molecule has 31 heavy (non-hydrogen) atoms. The summed E-state index contributed by atoms with van der Waals surface area (Å²) in [5.41, 5.74) is 2.06. The number of nitrogens with one attached hydrogen (secondary N) is 1. The Morgan fingerprint density at radius 2 is 1.94 bits per heavy atom. The lowest BCUT2D eigenvalue weighted by atomic mass is 10.1. The summed E-state index contributed by atoms with van der Waals surface area (Å²) in [7, 11) is 0. The lowest BCUT2D eigenvalue weighted by Crippen LogP contribution is -2.38. The summed E-state index contributed by atoms with van der Waals surface area (Å²) >= 11 is 6.15. The Labute approximate surface area is 185 Å². The first-order valence-corrected chi connectivity index (χ1v) is 10.0.